The number of rotatable bonds is 7. The fraction of sp³-hybridized carbons (Fsp3) is 0.227. The molecule has 3 rings (SSSR count). The lowest BCUT2D eigenvalue weighted by molar-refractivity contribution is -0.113. The van der Waals surface area contributed by atoms with Crippen LogP contribution in [0.3, 0.4) is 0 Å². The third-order valence-corrected chi connectivity index (χ3v) is 5.52. The van der Waals surface area contributed by atoms with Crippen LogP contribution in [-0.4, -0.2) is 36.5 Å². The molecule has 0 N–H and O–H groups in total. The molecule has 1 amide bonds. The number of esters is 1. The van der Waals surface area contributed by atoms with Gasteiger partial charge in [-0.1, -0.05) is 30.0 Å². The maximum atomic E-state index is 13.0. The summed E-state index contributed by atoms with van der Waals surface area (Å²) < 4.78 is 16.3. The van der Waals surface area contributed by atoms with Gasteiger partial charge in [-0.15, -0.1) is 0 Å². The van der Waals surface area contributed by atoms with Gasteiger partial charge in [0.25, 0.3) is 5.91 Å². The van der Waals surface area contributed by atoms with E-state index in [-0.39, 0.29) is 5.91 Å². The number of nitrogens with zero attached hydrogens (tertiary/aromatic N) is 1. The molecule has 8 heteroatoms. The number of hydrogen-bond acceptors (Lipinski definition) is 7. The zero-order valence-electron chi connectivity index (χ0n) is 16.8. The molecule has 0 radical (unpaired) electrons. The van der Waals surface area contributed by atoms with Gasteiger partial charge in [0.15, 0.2) is 15.8 Å². The molecule has 2 aromatic carbocycles. The van der Waals surface area contributed by atoms with E-state index < -0.39 is 5.97 Å². The largest absolute Gasteiger partial charge is 0.493 e. The topological polar surface area (TPSA) is 65.1 Å². The summed E-state index contributed by atoms with van der Waals surface area (Å²) in [7, 11) is 1.57. The van der Waals surface area contributed by atoms with E-state index in [2.05, 4.69) is 0 Å². The smallest absolute Gasteiger partial charge is 0.338 e. The van der Waals surface area contributed by atoms with Gasteiger partial charge >= 0.3 is 5.97 Å². The molecule has 2 aromatic rings. The van der Waals surface area contributed by atoms with Crippen molar-refractivity contribution >= 4 is 51.9 Å². The Morgan fingerprint density at radius 2 is 1.83 bits per heavy atom. The van der Waals surface area contributed by atoms with Crippen LogP contribution in [0.5, 0.6) is 11.5 Å². The molecule has 1 aliphatic rings. The van der Waals surface area contributed by atoms with Crippen LogP contribution in [0.4, 0.5) is 5.69 Å². The Morgan fingerprint density at radius 1 is 1.10 bits per heavy atom. The van der Waals surface area contributed by atoms with Crippen molar-refractivity contribution < 1.29 is 23.8 Å². The number of ether oxygens (including phenoxy) is 3. The Balaban J connectivity index is 1.83. The van der Waals surface area contributed by atoms with Crippen LogP contribution in [0.25, 0.3) is 6.08 Å². The van der Waals surface area contributed by atoms with Gasteiger partial charge < -0.3 is 14.2 Å². The molecule has 156 valence electrons. The van der Waals surface area contributed by atoms with Gasteiger partial charge in [-0.2, -0.15) is 0 Å². The standard InChI is InChI=1S/C22H21NO5S2/c1-4-27-17-11-6-14(12-18(17)26-3)13-19-20(24)23(22(29)30-19)16-9-7-15(8-10-16)21(25)28-5-2/h6-13H,4-5H2,1-3H3. The van der Waals surface area contributed by atoms with Crippen LogP contribution in [0.1, 0.15) is 29.8 Å². The first-order chi connectivity index (χ1) is 14.5. The van der Waals surface area contributed by atoms with E-state index in [0.29, 0.717) is 45.2 Å². The highest BCUT2D eigenvalue weighted by molar-refractivity contribution is 8.27. The molecule has 6 nitrogen and oxygen atoms in total. The fourth-order valence-corrected chi connectivity index (χ4v) is 4.15. The van der Waals surface area contributed by atoms with Gasteiger partial charge in [0, 0.05) is 0 Å². The maximum absolute atomic E-state index is 13.0. The van der Waals surface area contributed by atoms with Crippen LogP contribution < -0.4 is 14.4 Å². The highest BCUT2D eigenvalue weighted by Crippen LogP contribution is 2.37. The van der Waals surface area contributed by atoms with Crippen molar-refractivity contribution in [2.75, 3.05) is 25.2 Å². The first-order valence-electron chi connectivity index (χ1n) is 9.34. The lowest BCUT2D eigenvalue weighted by atomic mass is 10.1. The molecule has 0 unspecified atom stereocenters. The molecule has 0 aliphatic carbocycles. The molecule has 1 saturated heterocycles. The fourth-order valence-electron chi connectivity index (χ4n) is 2.85. The third kappa shape index (κ3) is 4.66. The number of amides is 1. The van der Waals surface area contributed by atoms with Crippen LogP contribution >= 0.6 is 24.0 Å². The SMILES string of the molecule is CCOC(=O)c1ccc(N2C(=O)C(=Cc3ccc(OCC)c(OC)c3)SC2=S)cc1. The highest BCUT2D eigenvalue weighted by Gasteiger charge is 2.33. The molecule has 1 heterocycles. The van der Waals surface area contributed by atoms with Gasteiger partial charge in [0.1, 0.15) is 0 Å². The van der Waals surface area contributed by atoms with Crippen molar-refractivity contribution in [3.05, 3.63) is 58.5 Å². The number of anilines is 1. The molecular weight excluding hydrogens is 422 g/mol. The summed E-state index contributed by atoms with van der Waals surface area (Å²) in [6.45, 7) is 4.48. The van der Waals surface area contributed by atoms with Crippen molar-refractivity contribution in [2.24, 2.45) is 0 Å². The lowest BCUT2D eigenvalue weighted by Crippen LogP contribution is -2.27. The zero-order chi connectivity index (χ0) is 21.7. The summed E-state index contributed by atoms with van der Waals surface area (Å²) in [5, 5.41) is 0. The average Bonchev–Trinajstić information content (AvgIpc) is 3.02. The van der Waals surface area contributed by atoms with Crippen molar-refractivity contribution in [3.63, 3.8) is 0 Å². The molecular formula is C22H21NO5S2. The summed E-state index contributed by atoms with van der Waals surface area (Å²) in [4.78, 5) is 26.7. The van der Waals surface area contributed by atoms with E-state index in [4.69, 9.17) is 26.4 Å². The number of carbonyl (C=O) groups is 2. The quantitative estimate of drug-likeness (QED) is 0.350. The minimum absolute atomic E-state index is 0.221. The maximum Gasteiger partial charge on any atom is 0.338 e. The Morgan fingerprint density at radius 3 is 2.47 bits per heavy atom. The summed E-state index contributed by atoms with van der Waals surface area (Å²) >= 11 is 6.64. The minimum Gasteiger partial charge on any atom is -0.493 e. The first kappa shape index (κ1) is 21.9. The second-order valence-electron chi connectivity index (χ2n) is 6.13. The van der Waals surface area contributed by atoms with E-state index in [1.54, 1.807) is 44.4 Å². The predicted octanol–water partition coefficient (Wildman–Crippen LogP) is 4.68. The summed E-state index contributed by atoms with van der Waals surface area (Å²) in [5.41, 5.74) is 1.81. The van der Waals surface area contributed by atoms with Crippen LogP contribution in [0, 0.1) is 0 Å². The summed E-state index contributed by atoms with van der Waals surface area (Å²) in [6, 6.07) is 12.1. The van der Waals surface area contributed by atoms with E-state index >= 15 is 0 Å². The van der Waals surface area contributed by atoms with Crippen molar-refractivity contribution in [2.45, 2.75) is 13.8 Å². The number of hydrogen-bond donors (Lipinski definition) is 0. The number of carbonyl (C=O) groups excluding carboxylic acids is 2. The van der Waals surface area contributed by atoms with Crippen molar-refractivity contribution in [1.82, 2.24) is 0 Å². The average molecular weight is 444 g/mol. The Labute approximate surface area is 184 Å². The van der Waals surface area contributed by atoms with Crippen molar-refractivity contribution in [1.29, 1.82) is 0 Å². The molecule has 0 spiro atoms. The Hall–Kier alpha value is -2.84. The molecule has 30 heavy (non-hydrogen) atoms. The van der Waals surface area contributed by atoms with Crippen LogP contribution in [0.2, 0.25) is 0 Å². The van der Waals surface area contributed by atoms with Gasteiger partial charge in [0.2, 0.25) is 0 Å². The first-order valence-corrected chi connectivity index (χ1v) is 10.6. The van der Waals surface area contributed by atoms with E-state index in [1.807, 2.05) is 25.1 Å². The van der Waals surface area contributed by atoms with Gasteiger partial charge in [-0.25, -0.2) is 4.79 Å². The number of thioether (sulfide) groups is 1. The van der Waals surface area contributed by atoms with E-state index in [9.17, 15) is 9.59 Å². The molecule has 0 saturated carbocycles. The van der Waals surface area contributed by atoms with Crippen LogP contribution in [-0.2, 0) is 9.53 Å². The molecule has 0 aromatic heterocycles. The molecule has 1 fully saturated rings. The summed E-state index contributed by atoms with van der Waals surface area (Å²) in [5.74, 6) is 0.613. The van der Waals surface area contributed by atoms with Gasteiger partial charge in [-0.05, 0) is 61.9 Å². The Kier molecular flexibility index (Phi) is 7.12. The molecule has 0 atom stereocenters. The molecule has 0 bridgehead atoms. The lowest BCUT2D eigenvalue weighted by Gasteiger charge is -2.14. The van der Waals surface area contributed by atoms with Crippen molar-refractivity contribution in [3.8, 4) is 11.5 Å². The Bertz CT molecular complexity index is 1000. The molecule has 1 aliphatic heterocycles. The van der Waals surface area contributed by atoms with Crippen LogP contribution in [0.15, 0.2) is 47.4 Å². The monoisotopic (exact) mass is 443 g/mol. The second kappa shape index (κ2) is 9.77. The van der Waals surface area contributed by atoms with Gasteiger partial charge in [0.05, 0.1) is 36.5 Å². The number of benzene rings is 2. The highest BCUT2D eigenvalue weighted by atomic mass is 32.2. The summed E-state index contributed by atoms with van der Waals surface area (Å²) in [6.07, 6.45) is 1.77. The van der Waals surface area contributed by atoms with Gasteiger partial charge in [-0.3, -0.25) is 9.69 Å². The number of thiocarbonyl (C=S) groups is 1. The normalized spacial score (nSPS) is 14.9. The second-order valence-corrected chi connectivity index (χ2v) is 7.80. The minimum atomic E-state index is -0.404. The van der Waals surface area contributed by atoms with E-state index in [1.165, 1.54) is 16.7 Å². The zero-order valence-corrected chi connectivity index (χ0v) is 18.5. The van der Waals surface area contributed by atoms with E-state index in [0.717, 1.165) is 5.56 Å². The predicted molar refractivity (Wildman–Crippen MR) is 122 cm³/mol. The number of methoxy groups -OCH3 is 1. The third-order valence-electron chi connectivity index (χ3n) is 4.22.